The zero-order chi connectivity index (χ0) is 28.1. The number of ether oxygens (including phenoxy) is 1. The summed E-state index contributed by atoms with van der Waals surface area (Å²) in [6.07, 6.45) is 1.02. The van der Waals surface area contributed by atoms with E-state index in [9.17, 15) is 9.59 Å². The molecule has 3 aromatic carbocycles. The summed E-state index contributed by atoms with van der Waals surface area (Å²) < 4.78 is 5.56. The van der Waals surface area contributed by atoms with Crippen LogP contribution < -0.4 is 10.6 Å². The molecule has 7 nitrogen and oxygen atoms in total. The molecule has 8 heteroatoms. The van der Waals surface area contributed by atoms with Crippen LogP contribution in [0.25, 0.3) is 0 Å². The zero-order valence-corrected chi connectivity index (χ0v) is 23.9. The maximum absolute atomic E-state index is 13.7. The lowest BCUT2D eigenvalue weighted by Crippen LogP contribution is -2.43. The summed E-state index contributed by atoms with van der Waals surface area (Å²) >= 11 is 1.73. The Bertz CT molecular complexity index is 1450. The molecule has 0 saturated carbocycles. The van der Waals surface area contributed by atoms with Gasteiger partial charge in [-0.15, -0.1) is 0 Å². The minimum atomic E-state index is -0.273. The Kier molecular flexibility index (Phi) is 8.67. The van der Waals surface area contributed by atoms with Crippen molar-refractivity contribution in [1.82, 2.24) is 4.90 Å². The van der Waals surface area contributed by atoms with E-state index in [4.69, 9.17) is 9.73 Å². The van der Waals surface area contributed by atoms with Crippen LogP contribution in [0.4, 0.5) is 11.4 Å². The molecule has 2 N–H and O–H groups in total. The van der Waals surface area contributed by atoms with E-state index in [1.165, 1.54) is 0 Å². The average molecular weight is 555 g/mol. The van der Waals surface area contributed by atoms with Crippen molar-refractivity contribution in [3.8, 4) is 0 Å². The van der Waals surface area contributed by atoms with Crippen LogP contribution in [0.3, 0.4) is 0 Å². The van der Waals surface area contributed by atoms with Crippen molar-refractivity contribution in [2.45, 2.75) is 39.8 Å². The van der Waals surface area contributed by atoms with Crippen LogP contribution in [0, 0.1) is 13.8 Å². The Hall–Kier alpha value is -3.88. The van der Waals surface area contributed by atoms with E-state index in [2.05, 4.69) is 21.6 Å². The highest BCUT2D eigenvalue weighted by atomic mass is 32.2. The smallest absolute Gasteiger partial charge is 0.255 e. The number of allylic oxidation sites excluding steroid dienone is 1. The van der Waals surface area contributed by atoms with Gasteiger partial charge in [-0.05, 0) is 62.1 Å². The van der Waals surface area contributed by atoms with Crippen molar-refractivity contribution >= 4 is 40.1 Å². The largest absolute Gasteiger partial charge is 0.367 e. The summed E-state index contributed by atoms with van der Waals surface area (Å²) in [7, 11) is 0. The predicted molar refractivity (Wildman–Crippen MR) is 162 cm³/mol. The zero-order valence-electron chi connectivity index (χ0n) is 23.1. The number of nitrogens with zero attached hydrogens (tertiary/aromatic N) is 2. The third-order valence-corrected chi connectivity index (χ3v) is 8.06. The van der Waals surface area contributed by atoms with Gasteiger partial charge in [-0.25, -0.2) is 4.99 Å². The first-order valence-electron chi connectivity index (χ1n) is 13.5. The molecule has 2 aliphatic heterocycles. The average Bonchev–Trinajstić information content (AvgIpc) is 2.95. The number of carbonyl (C=O) groups is 2. The molecule has 5 rings (SSSR count). The molecule has 40 heavy (non-hydrogen) atoms. The lowest BCUT2D eigenvalue weighted by atomic mass is 9.93. The second-order valence-electron chi connectivity index (χ2n) is 10.1. The molecular weight excluding hydrogens is 520 g/mol. The Morgan fingerprint density at radius 3 is 2.52 bits per heavy atom. The molecule has 0 radical (unpaired) electrons. The standard InChI is InChI=1S/C32H34N4O3S/c1-21-10-15-27(22(2)18-21)35-31(38)29-23(3)33-32-36(16-7-17-40-32)30(29)25-11-13-26(14-12-25)34-28(37)20-39-19-24-8-5-4-6-9-24/h4-6,8-15,18,30H,7,16-17,19-20H2,1-3H3,(H,34,37)(H,35,38). The quantitative estimate of drug-likeness (QED) is 0.345. The Labute approximate surface area is 239 Å². The minimum absolute atomic E-state index is 0.0330. The van der Waals surface area contributed by atoms with Gasteiger partial charge in [-0.1, -0.05) is 71.9 Å². The molecule has 1 atom stereocenters. The summed E-state index contributed by atoms with van der Waals surface area (Å²) in [5.74, 6) is 0.643. The number of hydrogen-bond acceptors (Lipinski definition) is 6. The predicted octanol–water partition coefficient (Wildman–Crippen LogP) is 6.22. The van der Waals surface area contributed by atoms with Crippen LogP contribution >= 0.6 is 11.8 Å². The highest BCUT2D eigenvalue weighted by Gasteiger charge is 2.37. The molecule has 1 saturated heterocycles. The first-order chi connectivity index (χ1) is 19.4. The Morgan fingerprint density at radius 2 is 1.77 bits per heavy atom. The van der Waals surface area contributed by atoms with Crippen molar-refractivity contribution in [2.75, 3.05) is 29.5 Å². The molecule has 0 bridgehead atoms. The van der Waals surface area contributed by atoms with Gasteiger partial charge in [-0.2, -0.15) is 0 Å². The number of hydrogen-bond donors (Lipinski definition) is 2. The van der Waals surface area contributed by atoms with E-state index in [-0.39, 0.29) is 24.5 Å². The van der Waals surface area contributed by atoms with Crippen molar-refractivity contribution in [3.05, 3.63) is 106 Å². The molecule has 0 aromatic heterocycles. The van der Waals surface area contributed by atoms with E-state index in [1.807, 2.05) is 87.5 Å². The van der Waals surface area contributed by atoms with Gasteiger partial charge in [0.15, 0.2) is 5.17 Å². The molecule has 1 fully saturated rings. The molecule has 206 valence electrons. The number of aryl methyl sites for hydroxylation is 2. The van der Waals surface area contributed by atoms with Gasteiger partial charge in [0.2, 0.25) is 5.91 Å². The van der Waals surface area contributed by atoms with Crippen LogP contribution in [0.5, 0.6) is 0 Å². The lowest BCUT2D eigenvalue weighted by Gasteiger charge is -2.41. The van der Waals surface area contributed by atoms with Crippen molar-refractivity contribution < 1.29 is 14.3 Å². The normalized spacial score (nSPS) is 16.7. The summed E-state index contributed by atoms with van der Waals surface area (Å²) in [5.41, 5.74) is 6.99. The van der Waals surface area contributed by atoms with Crippen LogP contribution in [0.1, 0.15) is 41.6 Å². The van der Waals surface area contributed by atoms with Gasteiger partial charge >= 0.3 is 0 Å². The SMILES string of the molecule is CC1=C(C(=O)Nc2ccc(C)cc2C)C(c2ccc(NC(=O)COCc3ccccc3)cc2)N2CCCSC2=N1. The number of carbonyl (C=O) groups excluding carboxylic acids is 2. The van der Waals surface area contributed by atoms with E-state index < -0.39 is 0 Å². The molecular formula is C32H34N4O3S. The van der Waals surface area contributed by atoms with Gasteiger partial charge < -0.3 is 20.3 Å². The van der Waals surface area contributed by atoms with Gasteiger partial charge in [0.1, 0.15) is 6.61 Å². The molecule has 0 spiro atoms. The first-order valence-corrected chi connectivity index (χ1v) is 14.5. The highest BCUT2D eigenvalue weighted by Crippen LogP contribution is 2.40. The number of thioether (sulfide) groups is 1. The summed E-state index contributed by atoms with van der Waals surface area (Å²) in [6, 6.07) is 23.2. The fourth-order valence-corrected chi connectivity index (χ4v) is 6.05. The van der Waals surface area contributed by atoms with Crippen LogP contribution in [0.15, 0.2) is 89.1 Å². The van der Waals surface area contributed by atoms with Crippen molar-refractivity contribution in [2.24, 2.45) is 4.99 Å². The van der Waals surface area contributed by atoms with Crippen LogP contribution in [-0.2, 0) is 20.9 Å². The number of rotatable bonds is 8. The number of amides is 2. The first kappa shape index (κ1) is 27.7. The third kappa shape index (κ3) is 6.46. The lowest BCUT2D eigenvalue weighted by molar-refractivity contribution is -0.121. The second kappa shape index (κ2) is 12.5. The Morgan fingerprint density at radius 1 is 1.00 bits per heavy atom. The van der Waals surface area contributed by atoms with E-state index in [0.29, 0.717) is 17.9 Å². The van der Waals surface area contributed by atoms with E-state index >= 15 is 0 Å². The van der Waals surface area contributed by atoms with Gasteiger partial charge in [-0.3, -0.25) is 9.59 Å². The maximum Gasteiger partial charge on any atom is 0.255 e. The molecule has 1 unspecified atom stereocenters. The Balaban J connectivity index is 1.32. The number of fused-ring (bicyclic) bond motifs is 1. The maximum atomic E-state index is 13.7. The summed E-state index contributed by atoms with van der Waals surface area (Å²) in [4.78, 5) is 33.3. The summed E-state index contributed by atoms with van der Waals surface area (Å²) in [6.45, 7) is 7.12. The molecule has 2 amide bonds. The molecule has 2 aliphatic rings. The summed E-state index contributed by atoms with van der Waals surface area (Å²) in [5, 5.41) is 6.98. The molecule has 2 heterocycles. The van der Waals surface area contributed by atoms with Gasteiger partial charge in [0.25, 0.3) is 5.91 Å². The molecule has 0 aliphatic carbocycles. The van der Waals surface area contributed by atoms with E-state index in [0.717, 1.165) is 57.5 Å². The monoisotopic (exact) mass is 554 g/mol. The fraction of sp³-hybridized carbons (Fsp3) is 0.281. The second-order valence-corrected chi connectivity index (χ2v) is 11.2. The fourth-order valence-electron chi connectivity index (χ4n) is 5.03. The third-order valence-electron chi connectivity index (χ3n) is 6.99. The number of nitrogens with one attached hydrogen (secondary N) is 2. The van der Waals surface area contributed by atoms with Crippen molar-refractivity contribution in [3.63, 3.8) is 0 Å². The van der Waals surface area contributed by atoms with E-state index in [1.54, 1.807) is 11.8 Å². The molecule has 3 aromatic rings. The van der Waals surface area contributed by atoms with Gasteiger partial charge in [0, 0.05) is 23.7 Å². The number of benzene rings is 3. The van der Waals surface area contributed by atoms with Crippen LogP contribution in [-0.4, -0.2) is 40.8 Å². The van der Waals surface area contributed by atoms with Crippen molar-refractivity contribution in [1.29, 1.82) is 0 Å². The van der Waals surface area contributed by atoms with Crippen LogP contribution in [0.2, 0.25) is 0 Å². The number of anilines is 2. The topological polar surface area (TPSA) is 83.0 Å². The number of amidine groups is 1. The number of aliphatic imine (C=N–C) groups is 1. The minimum Gasteiger partial charge on any atom is -0.367 e. The highest BCUT2D eigenvalue weighted by molar-refractivity contribution is 8.13. The van der Waals surface area contributed by atoms with Gasteiger partial charge in [0.05, 0.1) is 23.9 Å².